The second kappa shape index (κ2) is 6.01. The van der Waals surface area contributed by atoms with Gasteiger partial charge in [0.25, 0.3) is 0 Å². The molecule has 1 amide bonds. The van der Waals surface area contributed by atoms with Crippen LogP contribution >= 0.6 is 0 Å². The van der Waals surface area contributed by atoms with E-state index in [1.807, 2.05) is 0 Å². The van der Waals surface area contributed by atoms with E-state index in [0.717, 1.165) is 25.8 Å². The van der Waals surface area contributed by atoms with E-state index >= 15 is 0 Å². The lowest BCUT2D eigenvalue weighted by Gasteiger charge is -2.13. The minimum absolute atomic E-state index is 0.295. The van der Waals surface area contributed by atoms with Crippen molar-refractivity contribution in [2.24, 2.45) is 5.92 Å². The molecule has 0 unspecified atom stereocenters. The Bertz CT molecular complexity index is 148. The molecule has 0 aromatic carbocycles. The minimum atomic E-state index is 0.295. The van der Waals surface area contributed by atoms with E-state index in [4.69, 9.17) is 0 Å². The molecule has 0 radical (unpaired) electrons. The van der Waals surface area contributed by atoms with Crippen LogP contribution in [0, 0.1) is 5.92 Å². The predicted octanol–water partition coefficient (Wildman–Crippen LogP) is 2.48. The van der Waals surface area contributed by atoms with Gasteiger partial charge >= 0.3 is 0 Å². The molecule has 0 aromatic heterocycles. The fraction of sp³-hybridized carbons (Fsp3) is 0.909. The number of nitrogens with one attached hydrogen (secondary N) is 1. The quantitative estimate of drug-likeness (QED) is 0.669. The zero-order valence-electron chi connectivity index (χ0n) is 8.64. The van der Waals surface area contributed by atoms with Crippen molar-refractivity contribution in [1.82, 2.24) is 5.32 Å². The van der Waals surface area contributed by atoms with Crippen LogP contribution in [0.2, 0.25) is 0 Å². The molecular weight excluding hydrogens is 162 g/mol. The van der Waals surface area contributed by atoms with Crippen molar-refractivity contribution in [3.05, 3.63) is 0 Å². The Balaban J connectivity index is 2.26. The third-order valence-corrected chi connectivity index (χ3v) is 2.78. The van der Waals surface area contributed by atoms with Gasteiger partial charge < -0.3 is 5.32 Å². The summed E-state index contributed by atoms with van der Waals surface area (Å²) in [4.78, 5) is 11.6. The standard InChI is InChI=1S/C11H21NO/c1-2-9-12-11(13)10-7-5-3-4-6-8-10/h10H,2-9H2,1H3,(H,12,13). The van der Waals surface area contributed by atoms with Crippen molar-refractivity contribution in [2.75, 3.05) is 6.54 Å². The van der Waals surface area contributed by atoms with Crippen molar-refractivity contribution in [1.29, 1.82) is 0 Å². The molecule has 1 saturated carbocycles. The fourth-order valence-electron chi connectivity index (χ4n) is 1.93. The SMILES string of the molecule is CCCNC(=O)C1CCCCCC1. The third kappa shape index (κ3) is 3.79. The van der Waals surface area contributed by atoms with Gasteiger partial charge in [-0.05, 0) is 19.3 Å². The fourth-order valence-corrected chi connectivity index (χ4v) is 1.93. The predicted molar refractivity (Wildman–Crippen MR) is 54.5 cm³/mol. The number of hydrogen-bond acceptors (Lipinski definition) is 1. The minimum Gasteiger partial charge on any atom is -0.356 e. The topological polar surface area (TPSA) is 29.1 Å². The number of hydrogen-bond donors (Lipinski definition) is 1. The first-order chi connectivity index (χ1) is 6.34. The molecule has 0 atom stereocenters. The van der Waals surface area contributed by atoms with Crippen LogP contribution in [0.1, 0.15) is 51.9 Å². The number of carbonyl (C=O) groups is 1. The van der Waals surface area contributed by atoms with Crippen molar-refractivity contribution in [3.63, 3.8) is 0 Å². The summed E-state index contributed by atoms with van der Waals surface area (Å²) in [7, 11) is 0. The monoisotopic (exact) mass is 183 g/mol. The van der Waals surface area contributed by atoms with Crippen LogP contribution in [0.25, 0.3) is 0 Å². The average Bonchev–Trinajstić information content (AvgIpc) is 2.42. The maximum Gasteiger partial charge on any atom is 0.223 e. The molecule has 1 fully saturated rings. The molecule has 1 aliphatic rings. The van der Waals surface area contributed by atoms with Gasteiger partial charge in [-0.3, -0.25) is 4.79 Å². The first kappa shape index (κ1) is 10.6. The van der Waals surface area contributed by atoms with Gasteiger partial charge in [0.15, 0.2) is 0 Å². The summed E-state index contributed by atoms with van der Waals surface area (Å²) in [6.07, 6.45) is 8.37. The zero-order chi connectivity index (χ0) is 9.52. The average molecular weight is 183 g/mol. The Kier molecular flexibility index (Phi) is 4.87. The van der Waals surface area contributed by atoms with Gasteiger partial charge in [-0.2, -0.15) is 0 Å². The van der Waals surface area contributed by atoms with Crippen molar-refractivity contribution < 1.29 is 4.79 Å². The molecular formula is C11H21NO. The van der Waals surface area contributed by atoms with Crippen LogP contribution in [-0.2, 0) is 4.79 Å². The smallest absolute Gasteiger partial charge is 0.223 e. The lowest BCUT2D eigenvalue weighted by atomic mass is 9.99. The zero-order valence-corrected chi connectivity index (χ0v) is 8.64. The normalized spacial score (nSPS) is 19.5. The van der Waals surface area contributed by atoms with Crippen molar-refractivity contribution in [2.45, 2.75) is 51.9 Å². The van der Waals surface area contributed by atoms with E-state index in [0.29, 0.717) is 11.8 Å². The maximum atomic E-state index is 11.6. The van der Waals surface area contributed by atoms with Crippen LogP contribution in [0.3, 0.4) is 0 Å². The Morgan fingerprint density at radius 2 is 1.85 bits per heavy atom. The molecule has 1 aliphatic carbocycles. The Hall–Kier alpha value is -0.530. The Labute approximate surface area is 81.1 Å². The van der Waals surface area contributed by atoms with E-state index < -0.39 is 0 Å². The molecule has 2 nitrogen and oxygen atoms in total. The van der Waals surface area contributed by atoms with Gasteiger partial charge in [0.2, 0.25) is 5.91 Å². The second-order valence-electron chi connectivity index (χ2n) is 3.98. The highest BCUT2D eigenvalue weighted by Gasteiger charge is 2.18. The van der Waals surface area contributed by atoms with E-state index in [1.165, 1.54) is 25.7 Å². The van der Waals surface area contributed by atoms with Gasteiger partial charge in [0.1, 0.15) is 0 Å². The summed E-state index contributed by atoms with van der Waals surface area (Å²) in [6, 6.07) is 0. The van der Waals surface area contributed by atoms with Gasteiger partial charge in [0, 0.05) is 12.5 Å². The number of rotatable bonds is 3. The van der Waals surface area contributed by atoms with Gasteiger partial charge in [-0.1, -0.05) is 32.6 Å². The van der Waals surface area contributed by atoms with Crippen molar-refractivity contribution in [3.8, 4) is 0 Å². The molecule has 0 aromatic rings. The Morgan fingerprint density at radius 3 is 2.38 bits per heavy atom. The highest BCUT2D eigenvalue weighted by atomic mass is 16.1. The lowest BCUT2D eigenvalue weighted by molar-refractivity contribution is -0.125. The molecule has 0 saturated heterocycles. The first-order valence-corrected chi connectivity index (χ1v) is 5.62. The summed E-state index contributed by atoms with van der Waals surface area (Å²) in [5.41, 5.74) is 0. The molecule has 2 heteroatoms. The van der Waals surface area contributed by atoms with Gasteiger partial charge in [-0.25, -0.2) is 0 Å². The van der Waals surface area contributed by atoms with E-state index in [2.05, 4.69) is 12.2 Å². The van der Waals surface area contributed by atoms with Crippen LogP contribution in [-0.4, -0.2) is 12.5 Å². The molecule has 0 aliphatic heterocycles. The van der Waals surface area contributed by atoms with E-state index in [1.54, 1.807) is 0 Å². The van der Waals surface area contributed by atoms with Crippen LogP contribution in [0.15, 0.2) is 0 Å². The molecule has 13 heavy (non-hydrogen) atoms. The Morgan fingerprint density at radius 1 is 1.23 bits per heavy atom. The molecule has 0 spiro atoms. The third-order valence-electron chi connectivity index (χ3n) is 2.78. The largest absolute Gasteiger partial charge is 0.356 e. The molecule has 76 valence electrons. The van der Waals surface area contributed by atoms with Gasteiger partial charge in [0.05, 0.1) is 0 Å². The van der Waals surface area contributed by atoms with Crippen molar-refractivity contribution >= 4 is 5.91 Å². The molecule has 1 N–H and O–H groups in total. The maximum absolute atomic E-state index is 11.6. The highest BCUT2D eigenvalue weighted by Crippen LogP contribution is 2.22. The summed E-state index contributed by atoms with van der Waals surface area (Å²) in [5, 5.41) is 2.99. The van der Waals surface area contributed by atoms with Crippen LogP contribution in [0.5, 0.6) is 0 Å². The van der Waals surface area contributed by atoms with Crippen LogP contribution < -0.4 is 5.32 Å². The molecule has 0 heterocycles. The highest BCUT2D eigenvalue weighted by molar-refractivity contribution is 5.78. The second-order valence-corrected chi connectivity index (χ2v) is 3.98. The number of carbonyl (C=O) groups excluding carboxylic acids is 1. The summed E-state index contributed by atoms with van der Waals surface area (Å²) >= 11 is 0. The summed E-state index contributed by atoms with van der Waals surface area (Å²) in [5.74, 6) is 0.609. The lowest BCUT2D eigenvalue weighted by Crippen LogP contribution is -2.30. The summed E-state index contributed by atoms with van der Waals surface area (Å²) in [6.45, 7) is 2.93. The molecule has 1 rings (SSSR count). The first-order valence-electron chi connectivity index (χ1n) is 5.62. The van der Waals surface area contributed by atoms with E-state index in [-0.39, 0.29) is 0 Å². The van der Waals surface area contributed by atoms with Crippen LogP contribution in [0.4, 0.5) is 0 Å². The van der Waals surface area contributed by atoms with Gasteiger partial charge in [-0.15, -0.1) is 0 Å². The van der Waals surface area contributed by atoms with E-state index in [9.17, 15) is 4.79 Å². The number of amides is 1. The summed E-state index contributed by atoms with van der Waals surface area (Å²) < 4.78 is 0. The molecule has 0 bridgehead atoms.